The van der Waals surface area contributed by atoms with Gasteiger partial charge in [0.25, 0.3) is 5.91 Å². The zero-order chi connectivity index (χ0) is 18.6. The predicted molar refractivity (Wildman–Crippen MR) is 101 cm³/mol. The number of aromatic nitrogens is 2. The van der Waals surface area contributed by atoms with Crippen molar-refractivity contribution in [2.75, 3.05) is 23.7 Å². The van der Waals surface area contributed by atoms with E-state index < -0.39 is 0 Å². The van der Waals surface area contributed by atoms with Crippen LogP contribution in [0.15, 0.2) is 47.5 Å². The maximum atomic E-state index is 12.2. The number of amides is 2. The molecule has 0 aromatic carbocycles. The number of fused-ring (bicyclic) bond motifs is 1. The number of hydrogen-bond donors (Lipinski definition) is 2. The Morgan fingerprint density at radius 2 is 2.22 bits per heavy atom. The fourth-order valence-corrected chi connectivity index (χ4v) is 3.89. The zero-order valence-corrected chi connectivity index (χ0v) is 15.2. The first-order valence-corrected chi connectivity index (χ1v) is 9.23. The summed E-state index contributed by atoms with van der Waals surface area (Å²) in [5.41, 5.74) is 2.12. The van der Waals surface area contributed by atoms with E-state index in [9.17, 15) is 9.59 Å². The summed E-state index contributed by atoms with van der Waals surface area (Å²) in [5.74, 6) is -0.327. The molecular formula is C18H17N5O3S. The van der Waals surface area contributed by atoms with E-state index in [1.54, 1.807) is 30.6 Å². The largest absolute Gasteiger partial charge is 0.472 e. The Morgan fingerprint density at radius 1 is 1.30 bits per heavy atom. The van der Waals surface area contributed by atoms with Crippen molar-refractivity contribution in [1.82, 2.24) is 14.9 Å². The van der Waals surface area contributed by atoms with Crippen LogP contribution in [0.2, 0.25) is 0 Å². The lowest BCUT2D eigenvalue weighted by Crippen LogP contribution is -2.36. The highest BCUT2D eigenvalue weighted by Gasteiger charge is 2.23. The summed E-state index contributed by atoms with van der Waals surface area (Å²) in [7, 11) is 0. The molecule has 9 heteroatoms. The average molecular weight is 383 g/mol. The fourth-order valence-electron chi connectivity index (χ4n) is 2.84. The van der Waals surface area contributed by atoms with Gasteiger partial charge in [-0.1, -0.05) is 0 Å². The van der Waals surface area contributed by atoms with Crippen molar-refractivity contribution in [3.05, 3.63) is 59.3 Å². The van der Waals surface area contributed by atoms with Gasteiger partial charge in [0.2, 0.25) is 5.91 Å². The van der Waals surface area contributed by atoms with Gasteiger partial charge in [-0.25, -0.2) is 4.98 Å². The molecule has 1 aliphatic rings. The Hall–Kier alpha value is -3.04. The molecular weight excluding hydrogens is 366 g/mol. The highest BCUT2D eigenvalue weighted by molar-refractivity contribution is 7.15. The second-order valence-corrected chi connectivity index (χ2v) is 7.19. The fraction of sp³-hybridized carbons (Fsp3) is 0.222. The van der Waals surface area contributed by atoms with E-state index in [1.807, 2.05) is 0 Å². The third kappa shape index (κ3) is 4.21. The lowest BCUT2D eigenvalue weighted by Gasteiger charge is -2.25. The monoisotopic (exact) mass is 383 g/mol. The molecule has 3 aromatic heterocycles. The maximum Gasteiger partial charge on any atom is 0.260 e. The van der Waals surface area contributed by atoms with E-state index in [2.05, 4.69) is 25.5 Å². The van der Waals surface area contributed by atoms with Crippen molar-refractivity contribution in [2.45, 2.75) is 13.0 Å². The number of nitrogens with zero attached hydrogens (tertiary/aromatic N) is 3. The molecule has 0 unspecified atom stereocenters. The van der Waals surface area contributed by atoms with Crippen molar-refractivity contribution < 1.29 is 14.0 Å². The van der Waals surface area contributed by atoms with E-state index in [-0.39, 0.29) is 11.8 Å². The second-order valence-electron chi connectivity index (χ2n) is 6.11. The number of thiazole rings is 1. The molecule has 1 aliphatic heterocycles. The Balaban J connectivity index is 1.35. The van der Waals surface area contributed by atoms with E-state index >= 15 is 0 Å². The first-order chi connectivity index (χ1) is 13.2. The number of hydrogen-bond acceptors (Lipinski definition) is 7. The Kier molecular flexibility index (Phi) is 4.95. The molecule has 0 saturated carbocycles. The molecule has 0 radical (unpaired) electrons. The molecule has 4 rings (SSSR count). The van der Waals surface area contributed by atoms with Gasteiger partial charge in [-0.2, -0.15) is 0 Å². The number of carbonyl (C=O) groups excluding carboxylic acids is 2. The topological polar surface area (TPSA) is 100 Å². The van der Waals surface area contributed by atoms with Crippen molar-refractivity contribution in [3.8, 4) is 0 Å². The number of nitrogens with one attached hydrogen (secondary N) is 2. The van der Waals surface area contributed by atoms with Crippen LogP contribution >= 0.6 is 11.3 Å². The van der Waals surface area contributed by atoms with Crippen LogP contribution in [0.1, 0.15) is 20.9 Å². The summed E-state index contributed by atoms with van der Waals surface area (Å²) >= 11 is 1.44. The molecule has 8 nitrogen and oxygen atoms in total. The first kappa shape index (κ1) is 17.4. The molecule has 138 valence electrons. The minimum Gasteiger partial charge on any atom is -0.472 e. The van der Waals surface area contributed by atoms with Crippen molar-refractivity contribution in [2.24, 2.45) is 0 Å². The van der Waals surface area contributed by atoms with Crippen molar-refractivity contribution in [3.63, 3.8) is 0 Å². The molecule has 0 saturated heterocycles. The SMILES string of the molecule is O=C(CN1CCc2nc(NC(=O)c3ccoc3)sc2C1)Nc1cccnc1. The molecule has 2 N–H and O–H groups in total. The summed E-state index contributed by atoms with van der Waals surface area (Å²) in [6.45, 7) is 1.67. The van der Waals surface area contributed by atoms with Crippen LogP contribution in [-0.4, -0.2) is 39.8 Å². The quantitative estimate of drug-likeness (QED) is 0.702. The molecule has 0 spiro atoms. The van der Waals surface area contributed by atoms with Crippen LogP contribution in [0.3, 0.4) is 0 Å². The van der Waals surface area contributed by atoms with Gasteiger partial charge in [-0.15, -0.1) is 11.3 Å². The van der Waals surface area contributed by atoms with E-state index in [0.717, 1.165) is 23.5 Å². The Morgan fingerprint density at radius 3 is 3.00 bits per heavy atom. The van der Waals surface area contributed by atoms with Crippen LogP contribution in [0.25, 0.3) is 0 Å². The maximum absolute atomic E-state index is 12.2. The molecule has 2 amide bonds. The summed E-state index contributed by atoms with van der Waals surface area (Å²) in [6.07, 6.45) is 6.87. The van der Waals surface area contributed by atoms with E-state index in [1.165, 1.54) is 23.9 Å². The van der Waals surface area contributed by atoms with Crippen LogP contribution < -0.4 is 10.6 Å². The highest BCUT2D eigenvalue weighted by Crippen LogP contribution is 2.28. The lowest BCUT2D eigenvalue weighted by atomic mass is 10.2. The number of anilines is 2. The Bertz CT molecular complexity index is 939. The molecule has 0 fully saturated rings. The number of rotatable bonds is 5. The average Bonchev–Trinajstić information content (AvgIpc) is 3.31. The number of carbonyl (C=O) groups is 2. The van der Waals surface area contributed by atoms with Crippen LogP contribution in [-0.2, 0) is 17.8 Å². The minimum atomic E-state index is -0.248. The van der Waals surface area contributed by atoms with Crippen LogP contribution in [0, 0.1) is 0 Å². The molecule has 4 heterocycles. The second kappa shape index (κ2) is 7.68. The lowest BCUT2D eigenvalue weighted by molar-refractivity contribution is -0.117. The number of furan rings is 1. The van der Waals surface area contributed by atoms with Crippen molar-refractivity contribution >= 4 is 34.0 Å². The van der Waals surface area contributed by atoms with Crippen LogP contribution in [0.4, 0.5) is 10.8 Å². The minimum absolute atomic E-state index is 0.0792. The van der Waals surface area contributed by atoms with Gasteiger partial charge in [0.15, 0.2) is 5.13 Å². The van der Waals surface area contributed by atoms with Crippen LogP contribution in [0.5, 0.6) is 0 Å². The van der Waals surface area contributed by atoms with E-state index in [4.69, 9.17) is 4.42 Å². The van der Waals surface area contributed by atoms with Gasteiger partial charge in [-0.3, -0.25) is 24.8 Å². The van der Waals surface area contributed by atoms with Crippen molar-refractivity contribution in [1.29, 1.82) is 0 Å². The number of pyridine rings is 1. The van der Waals surface area contributed by atoms with Gasteiger partial charge < -0.3 is 9.73 Å². The highest BCUT2D eigenvalue weighted by atomic mass is 32.1. The third-order valence-electron chi connectivity index (χ3n) is 4.13. The van der Waals surface area contributed by atoms with Gasteiger partial charge >= 0.3 is 0 Å². The summed E-state index contributed by atoms with van der Waals surface area (Å²) < 4.78 is 4.92. The molecule has 0 atom stereocenters. The predicted octanol–water partition coefficient (Wildman–Crippen LogP) is 2.38. The molecule has 27 heavy (non-hydrogen) atoms. The van der Waals surface area contributed by atoms with Gasteiger partial charge in [0.1, 0.15) is 6.26 Å². The summed E-state index contributed by atoms with van der Waals surface area (Å²) in [4.78, 5) is 35.9. The van der Waals surface area contributed by atoms with Gasteiger partial charge in [0, 0.05) is 30.6 Å². The zero-order valence-electron chi connectivity index (χ0n) is 14.3. The smallest absolute Gasteiger partial charge is 0.260 e. The van der Waals surface area contributed by atoms with Gasteiger partial charge in [0.05, 0.1) is 35.9 Å². The van der Waals surface area contributed by atoms with Gasteiger partial charge in [-0.05, 0) is 18.2 Å². The summed E-state index contributed by atoms with van der Waals surface area (Å²) in [6, 6.07) is 5.18. The normalized spacial score (nSPS) is 13.8. The summed E-state index contributed by atoms with van der Waals surface area (Å²) in [5, 5.41) is 6.20. The molecule has 0 aliphatic carbocycles. The molecule has 0 bridgehead atoms. The molecule has 3 aromatic rings. The third-order valence-corrected chi connectivity index (χ3v) is 5.12. The standard InChI is InChI=1S/C18H17N5O3S/c24-16(20-13-2-1-5-19-8-13)10-23-6-3-14-15(9-23)27-18(21-14)22-17(25)12-4-7-26-11-12/h1-2,4-5,7-8,11H,3,6,9-10H2,(H,20,24)(H,21,22,25). The Labute approximate surface area is 159 Å². The van der Waals surface area contributed by atoms with E-state index in [0.29, 0.717) is 29.5 Å². The first-order valence-electron chi connectivity index (χ1n) is 8.42.